The molecule has 1 aromatic carbocycles. The topological polar surface area (TPSA) is 39.1 Å². The standard InChI is InChI=1S/C17H25N3O/c1-7-20-14(5)17(13(4)19-20)12(3)18-15-8-9-16(21-6)11(2)10-15/h8-10,12,18H,7H2,1-6H3. The zero-order valence-corrected chi connectivity index (χ0v) is 13.8. The summed E-state index contributed by atoms with van der Waals surface area (Å²) >= 11 is 0. The van der Waals surface area contributed by atoms with Crippen LogP contribution in [0, 0.1) is 20.8 Å². The molecule has 1 aromatic heterocycles. The molecule has 21 heavy (non-hydrogen) atoms. The molecule has 0 fully saturated rings. The summed E-state index contributed by atoms with van der Waals surface area (Å²) in [7, 11) is 1.70. The summed E-state index contributed by atoms with van der Waals surface area (Å²) in [5.74, 6) is 0.916. The highest BCUT2D eigenvalue weighted by molar-refractivity contribution is 5.52. The van der Waals surface area contributed by atoms with Gasteiger partial charge in [0.1, 0.15) is 5.75 Å². The van der Waals surface area contributed by atoms with Crippen molar-refractivity contribution in [1.82, 2.24) is 9.78 Å². The van der Waals surface area contributed by atoms with Gasteiger partial charge >= 0.3 is 0 Å². The number of benzene rings is 1. The summed E-state index contributed by atoms with van der Waals surface area (Å²) in [5, 5.41) is 8.15. The van der Waals surface area contributed by atoms with Crippen molar-refractivity contribution < 1.29 is 4.74 Å². The second-order valence-electron chi connectivity index (χ2n) is 5.45. The number of aromatic nitrogens is 2. The number of methoxy groups -OCH3 is 1. The van der Waals surface area contributed by atoms with Crippen molar-refractivity contribution >= 4 is 5.69 Å². The fourth-order valence-electron chi connectivity index (χ4n) is 2.94. The van der Waals surface area contributed by atoms with Crippen LogP contribution in [0.5, 0.6) is 5.75 Å². The molecule has 0 aliphatic heterocycles. The van der Waals surface area contributed by atoms with Gasteiger partial charge in [-0.25, -0.2) is 0 Å². The molecular weight excluding hydrogens is 262 g/mol. The predicted octanol–water partition coefficient (Wildman–Crippen LogP) is 4.01. The van der Waals surface area contributed by atoms with Crippen LogP contribution in [0.15, 0.2) is 18.2 Å². The van der Waals surface area contributed by atoms with E-state index in [9.17, 15) is 0 Å². The molecule has 114 valence electrons. The highest BCUT2D eigenvalue weighted by Crippen LogP contribution is 2.27. The van der Waals surface area contributed by atoms with Crippen LogP contribution in [0.1, 0.15) is 42.4 Å². The van der Waals surface area contributed by atoms with Crippen LogP contribution in [-0.2, 0) is 6.54 Å². The SMILES string of the molecule is CCn1nc(C)c(C(C)Nc2ccc(OC)c(C)c2)c1C. The minimum Gasteiger partial charge on any atom is -0.496 e. The number of nitrogens with zero attached hydrogens (tertiary/aromatic N) is 2. The first-order chi connectivity index (χ1) is 9.97. The van der Waals surface area contributed by atoms with Crippen molar-refractivity contribution in [3.05, 3.63) is 40.7 Å². The number of hydrogen-bond donors (Lipinski definition) is 1. The fraction of sp³-hybridized carbons (Fsp3) is 0.471. The molecule has 0 aliphatic carbocycles. The van der Waals surface area contributed by atoms with Crippen molar-refractivity contribution in [2.75, 3.05) is 12.4 Å². The summed E-state index contributed by atoms with van der Waals surface area (Å²) < 4.78 is 7.36. The maximum absolute atomic E-state index is 5.30. The van der Waals surface area contributed by atoms with E-state index in [1.807, 2.05) is 6.07 Å². The molecule has 0 saturated heterocycles. The van der Waals surface area contributed by atoms with E-state index in [4.69, 9.17) is 4.74 Å². The molecule has 1 unspecified atom stereocenters. The molecule has 4 heteroatoms. The Morgan fingerprint density at radius 1 is 1.29 bits per heavy atom. The molecule has 0 saturated carbocycles. The summed E-state index contributed by atoms with van der Waals surface area (Å²) in [6.07, 6.45) is 0. The highest BCUT2D eigenvalue weighted by atomic mass is 16.5. The van der Waals surface area contributed by atoms with Gasteiger partial charge in [-0.1, -0.05) is 0 Å². The summed E-state index contributed by atoms with van der Waals surface area (Å²) in [6.45, 7) is 11.5. The Labute approximate surface area is 127 Å². The van der Waals surface area contributed by atoms with Crippen LogP contribution >= 0.6 is 0 Å². The van der Waals surface area contributed by atoms with Gasteiger partial charge in [-0.2, -0.15) is 5.10 Å². The number of rotatable bonds is 5. The molecule has 2 rings (SSSR count). The Balaban J connectivity index is 2.24. The van der Waals surface area contributed by atoms with Gasteiger partial charge < -0.3 is 10.1 Å². The van der Waals surface area contributed by atoms with Crippen molar-refractivity contribution in [2.45, 2.75) is 47.2 Å². The average Bonchev–Trinajstić information content (AvgIpc) is 2.73. The van der Waals surface area contributed by atoms with E-state index in [1.165, 1.54) is 11.3 Å². The Bertz CT molecular complexity index is 631. The van der Waals surface area contributed by atoms with E-state index in [0.717, 1.165) is 29.2 Å². The van der Waals surface area contributed by atoms with E-state index in [-0.39, 0.29) is 6.04 Å². The van der Waals surface area contributed by atoms with Gasteiger partial charge in [-0.05, 0) is 58.4 Å². The lowest BCUT2D eigenvalue weighted by Gasteiger charge is -2.17. The van der Waals surface area contributed by atoms with Gasteiger partial charge in [-0.3, -0.25) is 4.68 Å². The first-order valence-corrected chi connectivity index (χ1v) is 7.43. The lowest BCUT2D eigenvalue weighted by molar-refractivity contribution is 0.412. The molecule has 0 amide bonds. The second kappa shape index (κ2) is 6.20. The second-order valence-corrected chi connectivity index (χ2v) is 5.45. The van der Waals surface area contributed by atoms with Gasteiger partial charge in [0.05, 0.1) is 18.8 Å². The van der Waals surface area contributed by atoms with E-state index in [0.29, 0.717) is 0 Å². The van der Waals surface area contributed by atoms with Crippen LogP contribution in [0.2, 0.25) is 0 Å². The first kappa shape index (κ1) is 15.4. The number of aryl methyl sites for hydroxylation is 3. The molecule has 4 nitrogen and oxygen atoms in total. The Morgan fingerprint density at radius 2 is 2.00 bits per heavy atom. The summed E-state index contributed by atoms with van der Waals surface area (Å²) in [4.78, 5) is 0. The number of hydrogen-bond acceptors (Lipinski definition) is 3. The van der Waals surface area contributed by atoms with Crippen LogP contribution in [-0.4, -0.2) is 16.9 Å². The van der Waals surface area contributed by atoms with E-state index >= 15 is 0 Å². The predicted molar refractivity (Wildman–Crippen MR) is 87.1 cm³/mol. The summed E-state index contributed by atoms with van der Waals surface area (Å²) in [5.41, 5.74) is 5.85. The minimum absolute atomic E-state index is 0.220. The third kappa shape index (κ3) is 3.04. The van der Waals surface area contributed by atoms with Gasteiger partial charge in [0.2, 0.25) is 0 Å². The molecule has 0 bridgehead atoms. The first-order valence-electron chi connectivity index (χ1n) is 7.43. The smallest absolute Gasteiger partial charge is 0.121 e. The van der Waals surface area contributed by atoms with E-state index in [1.54, 1.807) is 7.11 Å². The molecular formula is C17H25N3O. The molecule has 0 aliphatic rings. The average molecular weight is 287 g/mol. The molecule has 0 radical (unpaired) electrons. The van der Waals surface area contributed by atoms with Gasteiger partial charge in [0.15, 0.2) is 0 Å². The van der Waals surface area contributed by atoms with Crippen molar-refractivity contribution in [3.8, 4) is 5.75 Å². The van der Waals surface area contributed by atoms with E-state index < -0.39 is 0 Å². The highest BCUT2D eigenvalue weighted by Gasteiger charge is 2.17. The van der Waals surface area contributed by atoms with Crippen molar-refractivity contribution in [1.29, 1.82) is 0 Å². The Morgan fingerprint density at radius 3 is 2.52 bits per heavy atom. The van der Waals surface area contributed by atoms with Gasteiger partial charge in [0.25, 0.3) is 0 Å². The molecule has 2 aromatic rings. The van der Waals surface area contributed by atoms with Crippen LogP contribution < -0.4 is 10.1 Å². The Hall–Kier alpha value is -1.97. The monoisotopic (exact) mass is 287 g/mol. The number of nitrogens with one attached hydrogen (secondary N) is 1. The van der Waals surface area contributed by atoms with Crippen molar-refractivity contribution in [2.24, 2.45) is 0 Å². The lowest BCUT2D eigenvalue weighted by Crippen LogP contribution is -2.09. The Kier molecular flexibility index (Phi) is 4.56. The third-order valence-corrected chi connectivity index (χ3v) is 3.95. The molecule has 1 N–H and O–H groups in total. The number of ether oxygens (including phenoxy) is 1. The van der Waals surface area contributed by atoms with Gasteiger partial charge in [-0.15, -0.1) is 0 Å². The zero-order chi connectivity index (χ0) is 15.6. The third-order valence-electron chi connectivity index (χ3n) is 3.95. The molecule has 1 heterocycles. The van der Waals surface area contributed by atoms with Crippen LogP contribution in [0.4, 0.5) is 5.69 Å². The minimum atomic E-state index is 0.220. The molecule has 1 atom stereocenters. The normalized spacial score (nSPS) is 12.3. The van der Waals surface area contributed by atoms with Crippen molar-refractivity contribution in [3.63, 3.8) is 0 Å². The summed E-state index contributed by atoms with van der Waals surface area (Å²) in [6, 6.07) is 6.39. The van der Waals surface area contributed by atoms with Crippen LogP contribution in [0.3, 0.4) is 0 Å². The van der Waals surface area contributed by atoms with E-state index in [2.05, 4.69) is 61.8 Å². The molecule has 0 spiro atoms. The maximum Gasteiger partial charge on any atom is 0.121 e. The quantitative estimate of drug-likeness (QED) is 0.903. The largest absolute Gasteiger partial charge is 0.496 e. The maximum atomic E-state index is 5.30. The lowest BCUT2D eigenvalue weighted by atomic mass is 10.1. The van der Waals surface area contributed by atoms with Gasteiger partial charge in [0, 0.05) is 23.5 Å². The zero-order valence-electron chi connectivity index (χ0n) is 13.8. The fourth-order valence-corrected chi connectivity index (χ4v) is 2.94. The van der Waals surface area contributed by atoms with Crippen LogP contribution in [0.25, 0.3) is 0 Å². The number of anilines is 1.